The molecule has 1 amide bonds. The van der Waals surface area contributed by atoms with Crippen LogP contribution in [0.3, 0.4) is 0 Å². The van der Waals surface area contributed by atoms with Gasteiger partial charge in [-0.05, 0) is 50.7 Å². The fourth-order valence-electron chi connectivity index (χ4n) is 3.93. The van der Waals surface area contributed by atoms with Crippen LogP contribution in [0.2, 0.25) is 0 Å². The van der Waals surface area contributed by atoms with E-state index in [-0.39, 0.29) is 23.2 Å². The highest BCUT2D eigenvalue weighted by Gasteiger charge is 2.45. The van der Waals surface area contributed by atoms with Gasteiger partial charge in [-0.25, -0.2) is 0 Å². The molecule has 2 fully saturated rings. The van der Waals surface area contributed by atoms with Crippen molar-refractivity contribution >= 4 is 30.1 Å². The summed E-state index contributed by atoms with van der Waals surface area (Å²) in [7, 11) is 0. The van der Waals surface area contributed by atoms with Crippen LogP contribution in [0.5, 0.6) is 0 Å². The molecular weight excluding hydrogens is 340 g/mol. The molecule has 2 unspecified atom stereocenters. The minimum Gasteiger partial charge on any atom is -0.341 e. The van der Waals surface area contributed by atoms with Gasteiger partial charge in [0.1, 0.15) is 0 Å². The second-order valence-electron chi connectivity index (χ2n) is 7.13. The Morgan fingerprint density at radius 1 is 1.25 bits per heavy atom. The zero-order valence-corrected chi connectivity index (χ0v) is 16.1. The van der Waals surface area contributed by atoms with Crippen molar-refractivity contribution in [2.24, 2.45) is 11.7 Å². The molecule has 5 heteroatoms. The first kappa shape index (κ1) is 19.6. The molecule has 1 aliphatic heterocycles. The van der Waals surface area contributed by atoms with E-state index in [4.69, 9.17) is 5.73 Å². The molecule has 3 rings (SSSR count). The summed E-state index contributed by atoms with van der Waals surface area (Å²) in [6, 6.07) is 10.6. The van der Waals surface area contributed by atoms with E-state index in [0.29, 0.717) is 11.8 Å². The summed E-state index contributed by atoms with van der Waals surface area (Å²) in [5.41, 5.74) is 6.10. The minimum atomic E-state index is -0.249. The second-order valence-corrected chi connectivity index (χ2v) is 8.59. The van der Waals surface area contributed by atoms with Gasteiger partial charge in [0.15, 0.2) is 0 Å². The average molecular weight is 369 g/mol. The molecule has 1 saturated heterocycles. The first-order valence-corrected chi connectivity index (χ1v) is 9.71. The number of carbonyl (C=O) groups excluding carboxylic acids is 1. The summed E-state index contributed by atoms with van der Waals surface area (Å²) in [6.45, 7) is 3.81. The Balaban J connectivity index is 0.00000208. The molecule has 0 spiro atoms. The minimum absolute atomic E-state index is 0. The van der Waals surface area contributed by atoms with Crippen LogP contribution in [0.1, 0.15) is 45.4 Å². The molecule has 0 radical (unpaired) electrons. The number of piperidine rings is 1. The summed E-state index contributed by atoms with van der Waals surface area (Å²) < 4.78 is -0.249. The molecule has 0 aromatic heterocycles. The zero-order valence-electron chi connectivity index (χ0n) is 14.4. The number of halogens is 1. The van der Waals surface area contributed by atoms with E-state index in [1.54, 1.807) is 11.8 Å². The highest BCUT2D eigenvalue weighted by Crippen LogP contribution is 2.47. The van der Waals surface area contributed by atoms with Crippen LogP contribution in [-0.2, 0) is 4.79 Å². The molecule has 1 aromatic rings. The van der Waals surface area contributed by atoms with Gasteiger partial charge in [-0.2, -0.15) is 0 Å². The van der Waals surface area contributed by atoms with Crippen LogP contribution in [0.25, 0.3) is 0 Å². The summed E-state index contributed by atoms with van der Waals surface area (Å²) in [5, 5.41) is 0. The van der Waals surface area contributed by atoms with E-state index < -0.39 is 0 Å². The number of nitrogens with zero attached hydrogens (tertiary/aromatic N) is 1. The molecular formula is C19H29ClN2OS. The van der Waals surface area contributed by atoms with E-state index in [1.165, 1.54) is 4.90 Å². The van der Waals surface area contributed by atoms with Crippen LogP contribution >= 0.6 is 24.2 Å². The quantitative estimate of drug-likeness (QED) is 0.870. The molecule has 1 saturated carbocycles. The predicted molar refractivity (Wildman–Crippen MR) is 104 cm³/mol. The number of thioether (sulfide) groups is 1. The van der Waals surface area contributed by atoms with E-state index in [1.807, 2.05) is 6.07 Å². The number of rotatable bonds is 4. The molecule has 1 aliphatic carbocycles. The largest absolute Gasteiger partial charge is 0.341 e. The van der Waals surface area contributed by atoms with Crippen LogP contribution in [-0.4, -0.2) is 34.7 Å². The lowest BCUT2D eigenvalue weighted by atomic mass is 9.91. The number of amides is 1. The molecule has 0 bridgehead atoms. The number of benzene rings is 1. The molecule has 1 heterocycles. The summed E-state index contributed by atoms with van der Waals surface area (Å²) in [5.74, 6) is 0.807. The third-order valence-electron chi connectivity index (χ3n) is 5.35. The highest BCUT2D eigenvalue weighted by molar-refractivity contribution is 8.01. The number of likely N-dealkylation sites (tertiary alicyclic amines) is 1. The van der Waals surface area contributed by atoms with Gasteiger partial charge in [0, 0.05) is 24.0 Å². The topological polar surface area (TPSA) is 46.3 Å². The maximum Gasteiger partial charge on any atom is 0.239 e. The van der Waals surface area contributed by atoms with Crippen molar-refractivity contribution < 1.29 is 4.79 Å². The van der Waals surface area contributed by atoms with E-state index in [9.17, 15) is 4.79 Å². The zero-order chi connectivity index (χ0) is 16.3. The Morgan fingerprint density at radius 2 is 1.92 bits per heavy atom. The third-order valence-corrected chi connectivity index (χ3v) is 6.83. The van der Waals surface area contributed by atoms with Crippen molar-refractivity contribution in [3.8, 4) is 0 Å². The summed E-state index contributed by atoms with van der Waals surface area (Å²) in [6.07, 6.45) is 6.58. The SMILES string of the molecule is CC(N)C1CCCN(C(=O)C2(Sc3ccccc3)CCCC2)C1.Cl. The first-order valence-electron chi connectivity index (χ1n) is 8.90. The van der Waals surface area contributed by atoms with Gasteiger partial charge in [0.05, 0.1) is 4.75 Å². The first-order chi connectivity index (χ1) is 11.1. The van der Waals surface area contributed by atoms with Crippen molar-refractivity contribution in [3.63, 3.8) is 0 Å². The van der Waals surface area contributed by atoms with Gasteiger partial charge in [-0.3, -0.25) is 4.79 Å². The van der Waals surface area contributed by atoms with Crippen molar-refractivity contribution in [2.45, 2.75) is 61.1 Å². The van der Waals surface area contributed by atoms with Gasteiger partial charge in [-0.15, -0.1) is 24.2 Å². The summed E-state index contributed by atoms with van der Waals surface area (Å²) in [4.78, 5) is 16.7. The molecule has 2 aliphatic rings. The lowest BCUT2D eigenvalue weighted by molar-refractivity contribution is -0.135. The van der Waals surface area contributed by atoms with E-state index in [0.717, 1.165) is 51.6 Å². The third kappa shape index (κ3) is 4.27. The Kier molecular flexibility index (Phi) is 7.02. The molecule has 2 N–H and O–H groups in total. The van der Waals surface area contributed by atoms with Crippen molar-refractivity contribution in [3.05, 3.63) is 30.3 Å². The number of hydrogen-bond acceptors (Lipinski definition) is 3. The molecule has 24 heavy (non-hydrogen) atoms. The Hall–Kier alpha value is -0.710. The molecule has 3 nitrogen and oxygen atoms in total. The molecule has 1 aromatic carbocycles. The smallest absolute Gasteiger partial charge is 0.239 e. The fraction of sp³-hybridized carbons (Fsp3) is 0.632. The lowest BCUT2D eigenvalue weighted by Crippen LogP contribution is -2.51. The van der Waals surface area contributed by atoms with Crippen molar-refractivity contribution in [2.75, 3.05) is 13.1 Å². The van der Waals surface area contributed by atoms with Gasteiger partial charge in [0.25, 0.3) is 0 Å². The predicted octanol–water partition coefficient (Wildman–Crippen LogP) is 4.10. The number of carbonyl (C=O) groups is 1. The van der Waals surface area contributed by atoms with Crippen LogP contribution in [0.4, 0.5) is 0 Å². The Bertz CT molecular complexity index is 531. The second kappa shape index (κ2) is 8.59. The Labute approximate surface area is 156 Å². The number of hydrogen-bond donors (Lipinski definition) is 1. The Morgan fingerprint density at radius 3 is 2.54 bits per heavy atom. The van der Waals surface area contributed by atoms with Gasteiger partial charge >= 0.3 is 0 Å². The molecule has 2 atom stereocenters. The number of nitrogens with two attached hydrogens (primary N) is 1. The van der Waals surface area contributed by atoms with Crippen molar-refractivity contribution in [1.82, 2.24) is 4.90 Å². The van der Waals surface area contributed by atoms with Gasteiger partial charge < -0.3 is 10.6 Å². The van der Waals surface area contributed by atoms with Gasteiger partial charge in [0.2, 0.25) is 5.91 Å². The van der Waals surface area contributed by atoms with E-state index >= 15 is 0 Å². The normalized spacial score (nSPS) is 24.2. The van der Waals surface area contributed by atoms with Crippen LogP contribution in [0.15, 0.2) is 35.2 Å². The monoisotopic (exact) mass is 368 g/mol. The molecule has 134 valence electrons. The van der Waals surface area contributed by atoms with Gasteiger partial charge in [-0.1, -0.05) is 31.0 Å². The maximum atomic E-state index is 13.4. The van der Waals surface area contributed by atoms with Crippen molar-refractivity contribution in [1.29, 1.82) is 0 Å². The van der Waals surface area contributed by atoms with E-state index in [2.05, 4.69) is 36.1 Å². The van der Waals surface area contributed by atoms with Crippen LogP contribution < -0.4 is 5.73 Å². The average Bonchev–Trinajstić information content (AvgIpc) is 3.05. The standard InChI is InChI=1S/C19H28N2OS.ClH/c1-15(20)16-8-7-13-21(14-16)18(22)19(11-5-6-12-19)23-17-9-3-2-4-10-17;/h2-4,9-10,15-16H,5-8,11-14,20H2,1H3;1H. The van der Waals surface area contributed by atoms with Crippen LogP contribution in [0, 0.1) is 5.92 Å². The summed E-state index contributed by atoms with van der Waals surface area (Å²) >= 11 is 1.79. The highest BCUT2D eigenvalue weighted by atomic mass is 35.5. The fourth-order valence-corrected chi connectivity index (χ4v) is 5.39. The lowest BCUT2D eigenvalue weighted by Gasteiger charge is -2.39. The maximum absolute atomic E-state index is 13.4.